The van der Waals surface area contributed by atoms with Crippen molar-refractivity contribution in [3.63, 3.8) is 0 Å². The van der Waals surface area contributed by atoms with Crippen LogP contribution in [0.4, 0.5) is 0 Å². The molecule has 3 aliphatic rings. The van der Waals surface area contributed by atoms with Gasteiger partial charge in [0.05, 0.1) is 25.2 Å². The zero-order valence-corrected chi connectivity index (χ0v) is 27.5. The molecule has 2 unspecified atom stereocenters. The van der Waals surface area contributed by atoms with Crippen LogP contribution < -0.4 is 14.9 Å². The van der Waals surface area contributed by atoms with Gasteiger partial charge in [0.2, 0.25) is 17.0 Å². The summed E-state index contributed by atoms with van der Waals surface area (Å²) in [5.41, 5.74) is -4.86. The highest BCUT2D eigenvalue weighted by atomic mass is 16.6. The minimum Gasteiger partial charge on any atom is -0.506 e. The molecule has 1 saturated heterocycles. The molecule has 1 N–H and O–H groups in total. The molecule has 0 radical (unpaired) electrons. The molecule has 49 heavy (non-hydrogen) atoms. The number of aromatic hydroxyl groups is 1. The van der Waals surface area contributed by atoms with Crippen LogP contribution in [0.5, 0.6) is 17.2 Å². The Morgan fingerprint density at radius 2 is 1.65 bits per heavy atom. The first-order valence-electron chi connectivity index (χ1n) is 15.5. The molecule has 3 heterocycles. The molecule has 4 aromatic rings. The summed E-state index contributed by atoms with van der Waals surface area (Å²) in [6.07, 6.45) is 0.0648. The summed E-state index contributed by atoms with van der Waals surface area (Å²) in [6.45, 7) is 6.15. The van der Waals surface area contributed by atoms with Gasteiger partial charge in [-0.05, 0) is 48.9 Å². The van der Waals surface area contributed by atoms with E-state index in [1.165, 1.54) is 45.4 Å². The van der Waals surface area contributed by atoms with Gasteiger partial charge in [0.15, 0.2) is 28.5 Å². The number of ketones is 2. The van der Waals surface area contributed by atoms with Crippen molar-refractivity contribution < 1.29 is 52.4 Å². The predicted molar refractivity (Wildman–Crippen MR) is 171 cm³/mol. The minimum atomic E-state index is -1.73. The van der Waals surface area contributed by atoms with Crippen LogP contribution >= 0.6 is 0 Å². The van der Waals surface area contributed by atoms with Gasteiger partial charge in [0.25, 0.3) is 5.91 Å². The lowest BCUT2D eigenvalue weighted by atomic mass is 9.80. The molecule has 1 aliphatic carbocycles. The Morgan fingerprint density at radius 3 is 2.33 bits per heavy atom. The third-order valence-corrected chi connectivity index (χ3v) is 9.41. The molecule has 3 aromatic carbocycles. The molecule has 13 heteroatoms. The number of ether oxygens (including phenoxy) is 4. The molecule has 2 atom stereocenters. The van der Waals surface area contributed by atoms with Gasteiger partial charge in [0, 0.05) is 35.4 Å². The number of carbonyl (C=O) groups is 5. The van der Waals surface area contributed by atoms with E-state index in [2.05, 4.69) is 0 Å². The molecule has 2 aliphatic heterocycles. The number of hydrogen-bond donors (Lipinski definition) is 1. The van der Waals surface area contributed by atoms with Crippen molar-refractivity contribution in [3.8, 4) is 17.2 Å². The second kappa shape index (κ2) is 10.6. The number of fused-ring (bicyclic) bond motifs is 7. The number of amides is 1. The monoisotopic (exact) mass is 669 g/mol. The standard InChI is InChI=1S/C36H31NO12/c1-15(2)9-23(38)47-14-35(3)34(44)49-36(4)13-17-10-16-7-8-18-26(24(16)30(41)25(17)33(43)37(35)36)31(42)27-28(39)19-11-21(45-5)22(46-6)12-20(19)48-32(27)29(18)40/h7-8,10-12,15,41H,9,13-14H2,1-6H3. The molecule has 0 bridgehead atoms. The molecule has 1 amide bonds. The number of esters is 2. The number of carbonyl (C=O) groups excluding carboxylic acids is 5. The van der Waals surface area contributed by atoms with Crippen molar-refractivity contribution in [3.05, 3.63) is 74.1 Å². The van der Waals surface area contributed by atoms with E-state index < -0.39 is 69.8 Å². The van der Waals surface area contributed by atoms with Crippen LogP contribution in [0.2, 0.25) is 0 Å². The van der Waals surface area contributed by atoms with Crippen molar-refractivity contribution in [2.24, 2.45) is 5.92 Å². The summed E-state index contributed by atoms with van der Waals surface area (Å²) in [7, 11) is 2.77. The molecule has 1 aromatic heterocycles. The lowest BCUT2D eigenvalue weighted by molar-refractivity contribution is -0.154. The number of nitrogens with zero attached hydrogens (tertiary/aromatic N) is 1. The number of rotatable bonds is 6. The Hall–Kier alpha value is -5.72. The smallest absolute Gasteiger partial charge is 0.337 e. The third kappa shape index (κ3) is 4.37. The summed E-state index contributed by atoms with van der Waals surface area (Å²) in [6, 6.07) is 7.20. The van der Waals surface area contributed by atoms with Crippen molar-refractivity contribution >= 4 is 51.2 Å². The highest BCUT2D eigenvalue weighted by Crippen LogP contribution is 2.48. The molecule has 1 fully saturated rings. The molecular formula is C36H31NO12. The molecule has 252 valence electrons. The fourth-order valence-corrected chi connectivity index (χ4v) is 7.19. The van der Waals surface area contributed by atoms with Gasteiger partial charge in [-0.25, -0.2) is 4.79 Å². The second-order valence-corrected chi connectivity index (χ2v) is 13.3. The van der Waals surface area contributed by atoms with Crippen LogP contribution in [0.1, 0.15) is 82.1 Å². The average Bonchev–Trinajstić information content (AvgIpc) is 3.25. The summed E-state index contributed by atoms with van der Waals surface area (Å²) < 4.78 is 27.6. The lowest BCUT2D eigenvalue weighted by Crippen LogP contribution is -2.61. The number of phenolic OH excluding ortho intramolecular Hbond substituents is 1. The summed E-state index contributed by atoms with van der Waals surface area (Å²) in [4.78, 5) is 83.1. The first-order chi connectivity index (χ1) is 23.1. The van der Waals surface area contributed by atoms with E-state index in [-0.39, 0.29) is 63.3 Å². The second-order valence-electron chi connectivity index (χ2n) is 13.3. The van der Waals surface area contributed by atoms with Crippen LogP contribution in [0, 0.1) is 5.92 Å². The number of benzene rings is 3. The maximum Gasteiger partial charge on any atom is 0.337 e. The van der Waals surface area contributed by atoms with Crippen LogP contribution in [0.3, 0.4) is 0 Å². The first-order valence-corrected chi connectivity index (χ1v) is 15.5. The van der Waals surface area contributed by atoms with Crippen molar-refractivity contribution in [1.82, 2.24) is 4.90 Å². The molecule has 0 saturated carbocycles. The van der Waals surface area contributed by atoms with Gasteiger partial charge in [-0.3, -0.25) is 28.9 Å². The Balaban J connectivity index is 1.38. The highest BCUT2D eigenvalue weighted by Gasteiger charge is 2.64. The Bertz CT molecular complexity index is 2280. The Labute approximate surface area is 278 Å². The Morgan fingerprint density at radius 1 is 0.959 bits per heavy atom. The molecule has 13 nitrogen and oxygen atoms in total. The van der Waals surface area contributed by atoms with Crippen LogP contribution in [0.15, 0.2) is 39.5 Å². The minimum absolute atomic E-state index is 0.00116. The summed E-state index contributed by atoms with van der Waals surface area (Å²) >= 11 is 0. The fourth-order valence-electron chi connectivity index (χ4n) is 7.19. The maximum atomic E-state index is 14.3. The van der Waals surface area contributed by atoms with Crippen LogP contribution in [-0.2, 0) is 25.5 Å². The summed E-state index contributed by atoms with van der Waals surface area (Å²) in [5, 5.41) is 12.0. The quantitative estimate of drug-likeness (QED) is 0.257. The first kappa shape index (κ1) is 31.9. The van der Waals surface area contributed by atoms with E-state index in [4.69, 9.17) is 23.4 Å². The van der Waals surface area contributed by atoms with Gasteiger partial charge < -0.3 is 28.5 Å². The molecular weight excluding hydrogens is 638 g/mol. The van der Waals surface area contributed by atoms with E-state index in [1.807, 2.05) is 13.8 Å². The predicted octanol–water partition coefficient (Wildman–Crippen LogP) is 4.06. The normalized spacial score (nSPS) is 21.0. The van der Waals surface area contributed by atoms with Crippen molar-refractivity contribution in [2.75, 3.05) is 20.8 Å². The average molecular weight is 670 g/mol. The summed E-state index contributed by atoms with van der Waals surface area (Å²) in [5.74, 6) is -4.46. The zero-order valence-electron chi connectivity index (χ0n) is 27.5. The van der Waals surface area contributed by atoms with Crippen molar-refractivity contribution in [2.45, 2.75) is 51.8 Å². The topological polar surface area (TPSA) is 176 Å². The highest BCUT2D eigenvalue weighted by molar-refractivity contribution is 6.32. The van der Waals surface area contributed by atoms with Gasteiger partial charge in [-0.15, -0.1) is 0 Å². The van der Waals surface area contributed by atoms with Gasteiger partial charge >= 0.3 is 11.9 Å². The Kier molecular flexibility index (Phi) is 6.92. The van der Waals surface area contributed by atoms with E-state index in [0.29, 0.717) is 10.9 Å². The van der Waals surface area contributed by atoms with Crippen molar-refractivity contribution in [1.29, 1.82) is 0 Å². The fraction of sp³-hybridized carbons (Fsp3) is 0.333. The number of phenols is 1. The SMILES string of the molecule is COc1cc2oc3c(c(=O)c2cc1OC)C(=O)c1c(ccc2cc4c(c(O)c12)C(=O)N1C(C)(C4)OC(=O)C1(C)COC(=O)CC(C)C)C3=O. The molecule has 7 rings (SSSR count). The van der Waals surface area contributed by atoms with Gasteiger partial charge in [-0.2, -0.15) is 0 Å². The van der Waals surface area contributed by atoms with Gasteiger partial charge in [-0.1, -0.05) is 19.9 Å². The maximum absolute atomic E-state index is 14.3. The van der Waals surface area contributed by atoms with E-state index in [0.717, 1.165) is 4.90 Å². The van der Waals surface area contributed by atoms with Crippen LogP contribution in [-0.4, -0.2) is 71.5 Å². The lowest BCUT2D eigenvalue weighted by Gasteiger charge is -2.42. The third-order valence-electron chi connectivity index (χ3n) is 9.41. The number of hydrogen-bond acceptors (Lipinski definition) is 12. The van der Waals surface area contributed by atoms with E-state index in [1.54, 1.807) is 13.0 Å². The largest absolute Gasteiger partial charge is 0.506 e. The van der Waals surface area contributed by atoms with E-state index in [9.17, 15) is 33.9 Å². The zero-order chi connectivity index (χ0) is 35.3. The van der Waals surface area contributed by atoms with Gasteiger partial charge in [0.1, 0.15) is 23.5 Å². The number of methoxy groups -OCH3 is 2. The van der Waals surface area contributed by atoms with Crippen LogP contribution in [0.25, 0.3) is 21.7 Å². The van der Waals surface area contributed by atoms with E-state index >= 15 is 0 Å². The molecule has 0 spiro atoms.